The lowest BCUT2D eigenvalue weighted by atomic mass is 10.0. The number of nitriles is 1. The lowest BCUT2D eigenvalue weighted by Crippen LogP contribution is -2.40. The lowest BCUT2D eigenvalue weighted by molar-refractivity contribution is -0.134. The molecule has 0 spiro atoms. The van der Waals surface area contributed by atoms with Gasteiger partial charge < -0.3 is 0 Å². The van der Waals surface area contributed by atoms with Crippen molar-refractivity contribution in [2.24, 2.45) is 5.92 Å². The van der Waals surface area contributed by atoms with Crippen molar-refractivity contribution in [1.82, 2.24) is 4.31 Å². The van der Waals surface area contributed by atoms with E-state index in [0.29, 0.717) is 19.4 Å². The van der Waals surface area contributed by atoms with Crippen LogP contribution >= 0.6 is 0 Å². The van der Waals surface area contributed by atoms with Gasteiger partial charge in [-0.1, -0.05) is 0 Å². The van der Waals surface area contributed by atoms with E-state index in [9.17, 15) is 21.6 Å². The molecule has 104 valence electrons. The van der Waals surface area contributed by atoms with Crippen molar-refractivity contribution in [3.05, 3.63) is 0 Å². The molecule has 1 rings (SSSR count). The normalized spacial score (nSPS) is 22.7. The SMILES string of the molecule is N#CC1CCCN(S(=O)(=O)CCCC(F)(F)F)C1. The summed E-state index contributed by atoms with van der Waals surface area (Å²) in [5, 5.41) is 8.74. The molecular weight excluding hydrogens is 269 g/mol. The Kier molecular flexibility index (Phi) is 4.99. The van der Waals surface area contributed by atoms with Gasteiger partial charge in [-0.3, -0.25) is 0 Å². The highest BCUT2D eigenvalue weighted by molar-refractivity contribution is 7.89. The predicted octanol–water partition coefficient (Wildman–Crippen LogP) is 1.89. The minimum Gasteiger partial charge on any atom is -0.212 e. The zero-order valence-corrected chi connectivity index (χ0v) is 10.6. The van der Waals surface area contributed by atoms with Gasteiger partial charge in [-0.25, -0.2) is 12.7 Å². The summed E-state index contributed by atoms with van der Waals surface area (Å²) in [5.74, 6) is -0.860. The Balaban J connectivity index is 2.51. The van der Waals surface area contributed by atoms with Gasteiger partial charge in [0.15, 0.2) is 0 Å². The third-order valence-corrected chi connectivity index (χ3v) is 4.75. The Morgan fingerprint density at radius 1 is 1.39 bits per heavy atom. The largest absolute Gasteiger partial charge is 0.389 e. The summed E-state index contributed by atoms with van der Waals surface area (Å²) < 4.78 is 60.5. The molecule has 0 saturated carbocycles. The van der Waals surface area contributed by atoms with Gasteiger partial charge in [0.1, 0.15) is 0 Å². The van der Waals surface area contributed by atoms with Crippen LogP contribution in [0.4, 0.5) is 13.2 Å². The first-order valence-corrected chi connectivity index (χ1v) is 7.30. The first-order chi connectivity index (χ1) is 8.24. The van der Waals surface area contributed by atoms with Gasteiger partial charge in [0, 0.05) is 19.5 Å². The maximum absolute atomic E-state index is 11.9. The van der Waals surface area contributed by atoms with Crippen LogP contribution < -0.4 is 0 Å². The minimum absolute atomic E-state index is 0.102. The molecule has 1 unspecified atom stereocenters. The molecule has 0 N–H and O–H groups in total. The number of piperidine rings is 1. The lowest BCUT2D eigenvalue weighted by Gasteiger charge is -2.28. The van der Waals surface area contributed by atoms with E-state index in [1.54, 1.807) is 0 Å². The maximum Gasteiger partial charge on any atom is 0.389 e. The quantitative estimate of drug-likeness (QED) is 0.792. The molecule has 0 aromatic rings. The molecule has 4 nitrogen and oxygen atoms in total. The number of halogens is 3. The Morgan fingerprint density at radius 2 is 2.06 bits per heavy atom. The molecule has 1 fully saturated rings. The Labute approximate surface area is 104 Å². The van der Waals surface area contributed by atoms with Gasteiger partial charge >= 0.3 is 6.18 Å². The molecular formula is C10H15F3N2O2S. The predicted molar refractivity (Wildman–Crippen MR) is 59.0 cm³/mol. The van der Waals surface area contributed by atoms with Crippen molar-refractivity contribution in [2.45, 2.75) is 31.9 Å². The molecule has 1 aliphatic rings. The molecule has 1 saturated heterocycles. The molecule has 0 aromatic carbocycles. The van der Waals surface area contributed by atoms with Gasteiger partial charge in [0.25, 0.3) is 0 Å². The Bertz CT molecular complexity index is 414. The average molecular weight is 284 g/mol. The molecule has 0 amide bonds. The molecule has 18 heavy (non-hydrogen) atoms. The van der Waals surface area contributed by atoms with Crippen LogP contribution in [0, 0.1) is 17.2 Å². The molecule has 8 heteroatoms. The number of nitrogens with zero attached hydrogens (tertiary/aromatic N) is 2. The van der Waals surface area contributed by atoms with Crippen LogP contribution in [0.3, 0.4) is 0 Å². The van der Waals surface area contributed by atoms with Gasteiger partial charge in [-0.15, -0.1) is 0 Å². The molecule has 1 aliphatic heterocycles. The van der Waals surface area contributed by atoms with Crippen LogP contribution in [-0.2, 0) is 10.0 Å². The van der Waals surface area contributed by atoms with Crippen LogP contribution in [-0.4, -0.2) is 37.7 Å². The van der Waals surface area contributed by atoms with E-state index in [0.717, 1.165) is 4.31 Å². The summed E-state index contributed by atoms with van der Waals surface area (Å²) in [7, 11) is -3.67. The number of hydrogen-bond donors (Lipinski definition) is 0. The Morgan fingerprint density at radius 3 is 2.61 bits per heavy atom. The highest BCUT2D eigenvalue weighted by Crippen LogP contribution is 2.23. The number of alkyl halides is 3. The zero-order chi connectivity index (χ0) is 13.8. The van der Waals surface area contributed by atoms with E-state index in [1.807, 2.05) is 6.07 Å². The topological polar surface area (TPSA) is 61.2 Å². The van der Waals surface area contributed by atoms with Crippen LogP contribution in [0.5, 0.6) is 0 Å². The smallest absolute Gasteiger partial charge is 0.212 e. The van der Waals surface area contributed by atoms with Crippen molar-refractivity contribution in [2.75, 3.05) is 18.8 Å². The minimum atomic E-state index is -4.33. The summed E-state index contributed by atoms with van der Waals surface area (Å²) >= 11 is 0. The summed E-state index contributed by atoms with van der Waals surface area (Å²) in [6.45, 7) is 0.400. The van der Waals surface area contributed by atoms with E-state index in [4.69, 9.17) is 5.26 Å². The van der Waals surface area contributed by atoms with Crippen LogP contribution in [0.15, 0.2) is 0 Å². The van der Waals surface area contributed by atoms with Crippen molar-refractivity contribution in [1.29, 1.82) is 5.26 Å². The average Bonchev–Trinajstić information content (AvgIpc) is 2.27. The maximum atomic E-state index is 11.9. The standard InChI is InChI=1S/C10H15F3N2O2S/c11-10(12,13)4-2-6-18(16,17)15-5-1-3-9(7-14)8-15/h9H,1-6,8H2. The third-order valence-electron chi connectivity index (χ3n) is 2.82. The van der Waals surface area contributed by atoms with Crippen molar-refractivity contribution >= 4 is 10.0 Å². The van der Waals surface area contributed by atoms with Gasteiger partial charge in [-0.05, 0) is 19.3 Å². The molecule has 0 bridgehead atoms. The van der Waals surface area contributed by atoms with Crippen LogP contribution in [0.25, 0.3) is 0 Å². The van der Waals surface area contributed by atoms with E-state index in [2.05, 4.69) is 0 Å². The van der Waals surface area contributed by atoms with E-state index < -0.39 is 34.8 Å². The van der Waals surface area contributed by atoms with E-state index in [1.165, 1.54) is 0 Å². The monoisotopic (exact) mass is 284 g/mol. The molecule has 0 radical (unpaired) electrons. The highest BCUT2D eigenvalue weighted by atomic mass is 32.2. The third kappa shape index (κ3) is 4.82. The van der Waals surface area contributed by atoms with Gasteiger partial charge in [0.05, 0.1) is 17.7 Å². The summed E-state index contributed by atoms with van der Waals surface area (Å²) in [5.41, 5.74) is 0. The summed E-state index contributed by atoms with van der Waals surface area (Å²) in [4.78, 5) is 0. The Hall–Kier alpha value is -0.810. The second kappa shape index (κ2) is 5.89. The number of sulfonamides is 1. The number of hydrogen-bond acceptors (Lipinski definition) is 3. The first kappa shape index (κ1) is 15.2. The summed E-state index contributed by atoms with van der Waals surface area (Å²) in [6.07, 6.45) is -4.63. The fraction of sp³-hybridized carbons (Fsp3) is 0.900. The fourth-order valence-electron chi connectivity index (χ4n) is 1.88. The molecule has 1 atom stereocenters. The van der Waals surface area contributed by atoms with Crippen molar-refractivity contribution in [3.63, 3.8) is 0 Å². The molecule has 0 aromatic heterocycles. The first-order valence-electron chi connectivity index (χ1n) is 5.69. The van der Waals surface area contributed by atoms with Crippen molar-refractivity contribution in [3.8, 4) is 6.07 Å². The van der Waals surface area contributed by atoms with Crippen molar-refractivity contribution < 1.29 is 21.6 Å². The molecule has 0 aliphatic carbocycles. The number of rotatable bonds is 4. The van der Waals surface area contributed by atoms with E-state index in [-0.39, 0.29) is 12.5 Å². The summed E-state index contributed by atoms with van der Waals surface area (Å²) in [6, 6.07) is 2.00. The van der Waals surface area contributed by atoms with Gasteiger partial charge in [0.2, 0.25) is 10.0 Å². The van der Waals surface area contributed by atoms with Gasteiger partial charge in [-0.2, -0.15) is 18.4 Å². The zero-order valence-electron chi connectivity index (χ0n) is 9.78. The molecule has 1 heterocycles. The second-order valence-electron chi connectivity index (χ2n) is 4.36. The highest BCUT2D eigenvalue weighted by Gasteiger charge is 2.31. The van der Waals surface area contributed by atoms with Crippen LogP contribution in [0.1, 0.15) is 25.7 Å². The second-order valence-corrected chi connectivity index (χ2v) is 6.45. The fourth-order valence-corrected chi connectivity index (χ4v) is 3.47. The van der Waals surface area contributed by atoms with Crippen LogP contribution in [0.2, 0.25) is 0 Å². The van der Waals surface area contributed by atoms with E-state index >= 15 is 0 Å².